The van der Waals surface area contributed by atoms with Crippen LogP contribution in [-0.4, -0.2) is 3.71 Å². The van der Waals surface area contributed by atoms with Crippen LogP contribution in [0.1, 0.15) is 92.4 Å². The Morgan fingerprint density at radius 1 is 0.625 bits per heavy atom. The molecule has 0 radical (unpaired) electrons. The fraction of sp³-hybridized carbons (Fsp3) is 0.267. The van der Waals surface area contributed by atoms with Gasteiger partial charge in [-0.1, -0.05) is 0 Å². The molecular weight excluding hydrogens is 703 g/mol. The third kappa shape index (κ3) is 6.56. The molecule has 0 fully saturated rings. The van der Waals surface area contributed by atoms with Crippen molar-refractivity contribution in [3.8, 4) is 11.1 Å². The summed E-state index contributed by atoms with van der Waals surface area (Å²) in [7, 11) is 0. The fourth-order valence-corrected chi connectivity index (χ4v) is 16.5. The summed E-state index contributed by atoms with van der Waals surface area (Å²) in [6.07, 6.45) is 2.56. The zero-order chi connectivity index (χ0) is 32.4. The Hall–Kier alpha value is -2.83. The number of hydrogen-bond donors (Lipinski definition) is 0. The molecular formula is C45H46Cl2Zr. The van der Waals surface area contributed by atoms with Crippen LogP contribution in [0.3, 0.4) is 0 Å². The molecule has 0 aromatic heterocycles. The van der Waals surface area contributed by atoms with Gasteiger partial charge in [-0.2, -0.15) is 0 Å². The first-order valence-corrected chi connectivity index (χ1v) is 21.0. The van der Waals surface area contributed by atoms with Crippen molar-refractivity contribution >= 4 is 20.1 Å². The molecule has 0 N–H and O–H groups in total. The summed E-state index contributed by atoms with van der Waals surface area (Å²) in [4.78, 5) is 0. The predicted octanol–water partition coefficient (Wildman–Crippen LogP) is 5.99. The first-order chi connectivity index (χ1) is 21.9. The van der Waals surface area contributed by atoms with Crippen LogP contribution in [0.5, 0.6) is 0 Å². The molecule has 5 aromatic rings. The zero-order valence-electron chi connectivity index (χ0n) is 29.5. The average Bonchev–Trinajstić information content (AvgIpc) is 3.52. The first-order valence-electron chi connectivity index (χ1n) is 16.9. The van der Waals surface area contributed by atoms with Gasteiger partial charge in [0, 0.05) is 0 Å². The summed E-state index contributed by atoms with van der Waals surface area (Å²) in [5.74, 6) is 0.422. The Morgan fingerprint density at radius 2 is 1.17 bits per heavy atom. The van der Waals surface area contributed by atoms with Crippen molar-refractivity contribution < 1.29 is 46.1 Å². The molecule has 5 aromatic carbocycles. The Bertz CT molecular complexity index is 2020. The molecule has 0 amide bonds. The van der Waals surface area contributed by atoms with E-state index in [1.54, 1.807) is 14.4 Å². The molecule has 0 spiro atoms. The maximum atomic E-state index is 2.81. The van der Waals surface area contributed by atoms with E-state index in [0.29, 0.717) is 9.54 Å². The molecule has 244 valence electrons. The smallest absolute Gasteiger partial charge is 1.00 e. The maximum Gasteiger partial charge on any atom is -1.00 e. The summed E-state index contributed by atoms with van der Waals surface area (Å²) in [6.45, 7) is 18.9. The van der Waals surface area contributed by atoms with E-state index in [0.717, 1.165) is 0 Å². The third-order valence-electron chi connectivity index (χ3n) is 10.3. The van der Waals surface area contributed by atoms with Crippen LogP contribution in [0.2, 0.25) is 0 Å². The van der Waals surface area contributed by atoms with Crippen LogP contribution < -0.4 is 24.8 Å². The summed E-state index contributed by atoms with van der Waals surface area (Å²) >= 11 is -2.68. The van der Waals surface area contributed by atoms with E-state index in [4.69, 9.17) is 0 Å². The van der Waals surface area contributed by atoms with Gasteiger partial charge in [-0.15, -0.1) is 0 Å². The van der Waals surface area contributed by atoms with Gasteiger partial charge in [-0.3, -0.25) is 0 Å². The van der Waals surface area contributed by atoms with Gasteiger partial charge in [-0.25, -0.2) is 0 Å². The second-order valence-electron chi connectivity index (χ2n) is 15.5. The van der Waals surface area contributed by atoms with Gasteiger partial charge in [0.15, 0.2) is 0 Å². The second-order valence-corrected chi connectivity index (χ2v) is 21.2. The molecule has 2 aliphatic carbocycles. The molecule has 1 atom stereocenters. The number of halogens is 2. The first kappa shape index (κ1) is 36.5. The minimum Gasteiger partial charge on any atom is -1.00 e. The van der Waals surface area contributed by atoms with Crippen molar-refractivity contribution in [1.29, 1.82) is 0 Å². The Balaban J connectivity index is 0.00000225. The van der Waals surface area contributed by atoms with Crippen molar-refractivity contribution in [3.63, 3.8) is 0 Å². The zero-order valence-corrected chi connectivity index (χ0v) is 33.4. The van der Waals surface area contributed by atoms with Gasteiger partial charge in [-0.05, 0) is 0 Å². The predicted molar refractivity (Wildman–Crippen MR) is 197 cm³/mol. The molecule has 0 saturated heterocycles. The van der Waals surface area contributed by atoms with Crippen LogP contribution in [0.25, 0.3) is 27.5 Å². The number of fused-ring (bicyclic) bond motifs is 4. The minimum absolute atomic E-state index is 0. The third-order valence-corrected chi connectivity index (χ3v) is 18.4. The van der Waals surface area contributed by atoms with E-state index in [1.807, 2.05) is 0 Å². The standard InChI is InChI=1S/C21H25.C13H13.C11H8.2ClH.Zr/c1-20(2,3)16-9-7-14-11-15-8-10-17(21(4,5)6)13-19(15)18(14)12-16;1-10-8-11(2)13(9-10)12-6-4-3-5-7-12;1-9-5-4-7-10-6-2-3-8-11(9)10;;;/h7-13H,1-6H3;3-7,9-10H,1-2H3;1-8H;2*1H;/q;;;;;+2/p-2. The number of benzene rings is 5. The fourth-order valence-electron chi connectivity index (χ4n) is 7.73. The number of hydrogen-bond acceptors (Lipinski definition) is 0. The van der Waals surface area contributed by atoms with E-state index < -0.39 is 21.3 Å². The van der Waals surface area contributed by atoms with Crippen molar-refractivity contribution in [3.05, 3.63) is 158 Å². The Morgan fingerprint density at radius 3 is 1.75 bits per heavy atom. The van der Waals surface area contributed by atoms with Crippen LogP contribution in [0.4, 0.5) is 0 Å². The van der Waals surface area contributed by atoms with Crippen LogP contribution in [0.15, 0.2) is 124 Å². The van der Waals surface area contributed by atoms with Crippen LogP contribution in [0, 0.1) is 5.92 Å². The summed E-state index contributed by atoms with van der Waals surface area (Å²) in [6, 6.07) is 41.8. The van der Waals surface area contributed by atoms with E-state index in [-0.39, 0.29) is 35.6 Å². The maximum absolute atomic E-state index is 2.81. The van der Waals surface area contributed by atoms with Gasteiger partial charge < -0.3 is 24.8 Å². The molecule has 48 heavy (non-hydrogen) atoms. The molecule has 1 unspecified atom stereocenters. The molecule has 0 aliphatic heterocycles. The quantitative estimate of drug-likeness (QED) is 0.212. The topological polar surface area (TPSA) is 0 Å². The van der Waals surface area contributed by atoms with E-state index in [2.05, 4.69) is 174 Å². The SMILES string of the molecule is CC1=[C](/[Zr+2](=[CH]/c2cccc3ccccc23)[CH]2c3ccc(C(C)(C)C)cc3-c3cc(C(C)(C)C)ccc32)C(C)C=C1c1ccccc1.[Cl-].[Cl-]. The van der Waals surface area contributed by atoms with Crippen LogP contribution in [-0.2, 0) is 32.1 Å². The second kappa shape index (κ2) is 13.8. The molecule has 0 bridgehead atoms. The summed E-state index contributed by atoms with van der Waals surface area (Å²) in [5, 5.41) is 2.69. The molecule has 7 rings (SSSR count). The molecule has 2 aliphatic rings. The van der Waals surface area contributed by atoms with Crippen molar-refractivity contribution in [1.82, 2.24) is 0 Å². The number of allylic oxidation sites excluding steroid dienone is 4. The molecule has 0 saturated carbocycles. The van der Waals surface area contributed by atoms with E-state index in [9.17, 15) is 0 Å². The van der Waals surface area contributed by atoms with Crippen LogP contribution >= 0.6 is 0 Å². The van der Waals surface area contributed by atoms with Gasteiger partial charge >= 0.3 is 286 Å². The molecule has 0 nitrogen and oxygen atoms in total. The van der Waals surface area contributed by atoms with Gasteiger partial charge in [0.2, 0.25) is 0 Å². The molecule has 3 heteroatoms. The summed E-state index contributed by atoms with van der Waals surface area (Å²) < 4.78 is 4.96. The largest absolute Gasteiger partial charge is 1.00 e. The Labute approximate surface area is 308 Å². The van der Waals surface area contributed by atoms with Gasteiger partial charge in [0.25, 0.3) is 0 Å². The monoisotopic (exact) mass is 746 g/mol. The molecule has 0 heterocycles. The number of rotatable bonds is 4. The minimum atomic E-state index is -2.68. The van der Waals surface area contributed by atoms with Crippen molar-refractivity contribution in [2.75, 3.05) is 0 Å². The summed E-state index contributed by atoms with van der Waals surface area (Å²) in [5.41, 5.74) is 14.7. The van der Waals surface area contributed by atoms with Crippen molar-refractivity contribution in [2.45, 2.75) is 69.8 Å². The average molecular weight is 749 g/mol. The van der Waals surface area contributed by atoms with Gasteiger partial charge in [0.1, 0.15) is 0 Å². The normalized spacial score (nSPS) is 15.9. The van der Waals surface area contributed by atoms with E-state index in [1.165, 1.54) is 55.3 Å². The Kier molecular flexibility index (Phi) is 10.5. The van der Waals surface area contributed by atoms with E-state index >= 15 is 0 Å². The van der Waals surface area contributed by atoms with Crippen molar-refractivity contribution in [2.24, 2.45) is 5.92 Å². The van der Waals surface area contributed by atoms with Gasteiger partial charge in [0.05, 0.1) is 0 Å².